The highest BCUT2D eigenvalue weighted by molar-refractivity contribution is 7.92. The zero-order valence-electron chi connectivity index (χ0n) is 22.6. The molecule has 1 unspecified atom stereocenters. The fraction of sp³-hybridized carbons (Fsp3) is 0.367. The number of hydrogen-bond acceptors (Lipinski definition) is 4. The van der Waals surface area contributed by atoms with Crippen molar-refractivity contribution in [3.63, 3.8) is 0 Å². The standard InChI is InChI=1S/C30H32F3NO4S/c1-6-38-28(35)16-22-9-12-25(14-19(22)4)39(36,37)34-17-27(18(2)3)26-15-23(13-20(5)29(26)34)21-7-10-24(11-8-21)30(31,32)33/h7-15,18,27H,6,16-17H2,1-5H3. The smallest absolute Gasteiger partial charge is 0.416 e. The van der Waals surface area contributed by atoms with Gasteiger partial charge < -0.3 is 4.74 Å². The first-order chi connectivity index (χ1) is 18.2. The molecule has 1 heterocycles. The number of benzene rings is 3. The Morgan fingerprint density at radius 3 is 2.23 bits per heavy atom. The molecule has 0 saturated carbocycles. The third-order valence-electron chi connectivity index (χ3n) is 7.23. The molecule has 0 bridgehead atoms. The lowest BCUT2D eigenvalue weighted by Crippen LogP contribution is -2.31. The molecule has 5 nitrogen and oxygen atoms in total. The molecule has 3 aromatic rings. The number of aryl methyl sites for hydroxylation is 2. The van der Waals surface area contributed by atoms with Crippen molar-refractivity contribution in [1.29, 1.82) is 0 Å². The molecule has 0 radical (unpaired) electrons. The van der Waals surface area contributed by atoms with E-state index in [1.807, 2.05) is 32.9 Å². The number of anilines is 1. The van der Waals surface area contributed by atoms with E-state index in [4.69, 9.17) is 4.74 Å². The van der Waals surface area contributed by atoms with Gasteiger partial charge in [-0.15, -0.1) is 0 Å². The van der Waals surface area contributed by atoms with Gasteiger partial charge in [0.05, 0.1) is 29.2 Å². The Labute approximate surface area is 227 Å². The average Bonchev–Trinajstić information content (AvgIpc) is 3.26. The van der Waals surface area contributed by atoms with E-state index in [1.54, 1.807) is 26.0 Å². The molecule has 0 amide bonds. The maximum Gasteiger partial charge on any atom is 0.416 e. The number of fused-ring (bicyclic) bond motifs is 1. The summed E-state index contributed by atoms with van der Waals surface area (Å²) in [6.07, 6.45) is -4.35. The topological polar surface area (TPSA) is 63.7 Å². The van der Waals surface area contributed by atoms with Crippen LogP contribution < -0.4 is 4.31 Å². The molecule has 1 atom stereocenters. The van der Waals surface area contributed by atoms with E-state index < -0.39 is 21.8 Å². The minimum Gasteiger partial charge on any atom is -0.466 e. The van der Waals surface area contributed by atoms with Gasteiger partial charge in [0.1, 0.15) is 0 Å². The third kappa shape index (κ3) is 5.69. The molecule has 0 aliphatic carbocycles. The zero-order chi connectivity index (χ0) is 28.7. The highest BCUT2D eigenvalue weighted by Crippen LogP contribution is 2.47. The van der Waals surface area contributed by atoms with Crippen molar-refractivity contribution in [2.45, 2.75) is 58.0 Å². The lowest BCUT2D eigenvalue weighted by molar-refractivity contribution is -0.142. The highest BCUT2D eigenvalue weighted by atomic mass is 32.2. The van der Waals surface area contributed by atoms with E-state index in [-0.39, 0.29) is 42.3 Å². The minimum absolute atomic E-state index is 0.0633. The first-order valence-electron chi connectivity index (χ1n) is 12.8. The largest absolute Gasteiger partial charge is 0.466 e. The van der Waals surface area contributed by atoms with Crippen LogP contribution in [-0.4, -0.2) is 27.5 Å². The molecule has 3 aromatic carbocycles. The molecular formula is C30H32F3NO4S. The molecular weight excluding hydrogens is 527 g/mol. The molecule has 4 rings (SSSR count). The summed E-state index contributed by atoms with van der Waals surface area (Å²) in [6.45, 7) is 9.91. The summed E-state index contributed by atoms with van der Waals surface area (Å²) in [5, 5.41) is 0. The fourth-order valence-corrected chi connectivity index (χ4v) is 6.79. The van der Waals surface area contributed by atoms with Crippen LogP contribution in [0.25, 0.3) is 11.1 Å². The van der Waals surface area contributed by atoms with Crippen LogP contribution in [0.5, 0.6) is 0 Å². The van der Waals surface area contributed by atoms with Gasteiger partial charge in [-0.25, -0.2) is 8.42 Å². The Morgan fingerprint density at radius 2 is 1.67 bits per heavy atom. The summed E-state index contributed by atoms with van der Waals surface area (Å²) < 4.78 is 73.5. The summed E-state index contributed by atoms with van der Waals surface area (Å²) in [5.41, 5.74) is 4.23. The van der Waals surface area contributed by atoms with E-state index in [0.717, 1.165) is 28.8 Å². The maximum atomic E-state index is 13.9. The van der Waals surface area contributed by atoms with Crippen LogP contribution in [0, 0.1) is 19.8 Å². The molecule has 0 N–H and O–H groups in total. The predicted octanol–water partition coefficient (Wildman–Crippen LogP) is 7.04. The van der Waals surface area contributed by atoms with E-state index >= 15 is 0 Å². The lowest BCUT2D eigenvalue weighted by atomic mass is 9.87. The molecule has 0 saturated heterocycles. The van der Waals surface area contributed by atoms with Crippen molar-refractivity contribution in [3.8, 4) is 11.1 Å². The van der Waals surface area contributed by atoms with Crippen LogP contribution in [0.1, 0.15) is 54.5 Å². The van der Waals surface area contributed by atoms with Crippen LogP contribution in [0.3, 0.4) is 0 Å². The van der Waals surface area contributed by atoms with Gasteiger partial charge in [-0.2, -0.15) is 13.2 Å². The monoisotopic (exact) mass is 559 g/mol. The number of nitrogens with zero attached hydrogens (tertiary/aromatic N) is 1. The Balaban J connectivity index is 1.73. The average molecular weight is 560 g/mol. The van der Waals surface area contributed by atoms with Crippen LogP contribution in [-0.2, 0) is 32.2 Å². The number of ether oxygens (including phenoxy) is 1. The van der Waals surface area contributed by atoms with E-state index in [2.05, 4.69) is 0 Å². The number of carbonyl (C=O) groups is 1. The molecule has 208 valence electrons. The van der Waals surface area contributed by atoms with E-state index in [9.17, 15) is 26.4 Å². The van der Waals surface area contributed by atoms with Crippen molar-refractivity contribution in [2.75, 3.05) is 17.5 Å². The van der Waals surface area contributed by atoms with Crippen LogP contribution in [0.15, 0.2) is 59.5 Å². The second-order valence-corrected chi connectivity index (χ2v) is 12.1. The molecule has 0 aromatic heterocycles. The molecule has 39 heavy (non-hydrogen) atoms. The zero-order valence-corrected chi connectivity index (χ0v) is 23.4. The molecule has 1 aliphatic rings. The number of hydrogen-bond donors (Lipinski definition) is 0. The Kier molecular flexibility index (Phi) is 7.85. The summed E-state index contributed by atoms with van der Waals surface area (Å²) in [7, 11) is -3.93. The second-order valence-electron chi connectivity index (χ2n) is 10.3. The Bertz CT molecular complexity index is 1500. The number of carbonyl (C=O) groups excluding carboxylic acids is 1. The molecule has 0 spiro atoms. The summed E-state index contributed by atoms with van der Waals surface area (Å²) >= 11 is 0. The summed E-state index contributed by atoms with van der Waals surface area (Å²) in [4.78, 5) is 12.1. The quantitative estimate of drug-likeness (QED) is 0.291. The molecule has 1 aliphatic heterocycles. The van der Waals surface area contributed by atoms with Crippen LogP contribution >= 0.6 is 0 Å². The van der Waals surface area contributed by atoms with Crippen molar-refractivity contribution in [2.24, 2.45) is 5.92 Å². The van der Waals surface area contributed by atoms with Crippen molar-refractivity contribution in [3.05, 3.63) is 82.4 Å². The number of sulfonamides is 1. The van der Waals surface area contributed by atoms with Crippen molar-refractivity contribution < 1.29 is 31.1 Å². The van der Waals surface area contributed by atoms with Gasteiger partial charge in [0, 0.05) is 12.5 Å². The Morgan fingerprint density at radius 1 is 1.00 bits per heavy atom. The minimum atomic E-state index is -4.42. The summed E-state index contributed by atoms with van der Waals surface area (Å²) in [5.74, 6) is -0.337. The SMILES string of the molecule is CCOC(=O)Cc1ccc(S(=O)(=O)N2CC(C(C)C)c3cc(-c4ccc(C(F)(F)F)cc4)cc(C)c32)cc1C. The maximum absolute atomic E-state index is 13.9. The first-order valence-corrected chi connectivity index (χ1v) is 14.3. The van der Waals surface area contributed by atoms with Gasteiger partial charge >= 0.3 is 12.1 Å². The van der Waals surface area contributed by atoms with Gasteiger partial charge in [-0.05, 0) is 96.5 Å². The lowest BCUT2D eigenvalue weighted by Gasteiger charge is -2.23. The van der Waals surface area contributed by atoms with Gasteiger partial charge in [0.25, 0.3) is 10.0 Å². The first kappa shape index (κ1) is 28.7. The summed E-state index contributed by atoms with van der Waals surface area (Å²) in [6, 6.07) is 13.5. The van der Waals surface area contributed by atoms with Gasteiger partial charge in [0.2, 0.25) is 0 Å². The molecule has 9 heteroatoms. The second kappa shape index (κ2) is 10.7. The third-order valence-corrected chi connectivity index (χ3v) is 9.00. The normalized spacial score (nSPS) is 15.5. The van der Waals surface area contributed by atoms with Gasteiger partial charge in [0.15, 0.2) is 0 Å². The number of esters is 1. The number of alkyl halides is 3. The fourth-order valence-electron chi connectivity index (χ4n) is 5.13. The molecule has 0 fully saturated rings. The van der Waals surface area contributed by atoms with Crippen LogP contribution in [0.2, 0.25) is 0 Å². The Hall–Kier alpha value is -3.33. The van der Waals surface area contributed by atoms with E-state index in [1.165, 1.54) is 22.5 Å². The van der Waals surface area contributed by atoms with Gasteiger partial charge in [-0.3, -0.25) is 9.10 Å². The van der Waals surface area contributed by atoms with Gasteiger partial charge in [-0.1, -0.05) is 32.0 Å². The number of rotatable bonds is 7. The van der Waals surface area contributed by atoms with Crippen molar-refractivity contribution >= 4 is 21.7 Å². The highest BCUT2D eigenvalue weighted by Gasteiger charge is 2.39. The van der Waals surface area contributed by atoms with Crippen LogP contribution in [0.4, 0.5) is 18.9 Å². The number of halogens is 3. The predicted molar refractivity (Wildman–Crippen MR) is 145 cm³/mol. The van der Waals surface area contributed by atoms with Crippen molar-refractivity contribution in [1.82, 2.24) is 0 Å². The van der Waals surface area contributed by atoms with E-state index in [0.29, 0.717) is 22.4 Å².